The zero-order chi connectivity index (χ0) is 20.1. The van der Waals surface area contributed by atoms with Crippen LogP contribution in [-0.4, -0.2) is 68.2 Å². The van der Waals surface area contributed by atoms with Crippen molar-refractivity contribution in [3.8, 4) is 0 Å². The van der Waals surface area contributed by atoms with E-state index in [0.29, 0.717) is 45.0 Å². The molecule has 1 aliphatic carbocycles. The van der Waals surface area contributed by atoms with Crippen LogP contribution in [0.5, 0.6) is 0 Å². The topological polar surface area (TPSA) is 99.8 Å². The summed E-state index contributed by atoms with van der Waals surface area (Å²) in [5.74, 6) is -0.0449. The highest BCUT2D eigenvalue weighted by molar-refractivity contribution is 6.09. The van der Waals surface area contributed by atoms with Gasteiger partial charge in [0.25, 0.3) is 5.91 Å². The molecule has 3 N–H and O–H groups in total. The number of amides is 4. The molecule has 1 saturated carbocycles. The predicted molar refractivity (Wildman–Crippen MR) is 109 cm³/mol. The SMILES string of the molecule is COCCNCCNC(=O)CN1C(=O)NC2(CCC(C(C)(C)C)CC2)C1=O.Cl. The second-order valence-corrected chi connectivity index (χ2v) is 8.64. The number of halogens is 1. The third-order valence-corrected chi connectivity index (χ3v) is 5.72. The van der Waals surface area contributed by atoms with Gasteiger partial charge in [-0.3, -0.25) is 14.5 Å². The van der Waals surface area contributed by atoms with E-state index in [9.17, 15) is 14.4 Å². The second-order valence-electron chi connectivity index (χ2n) is 8.64. The van der Waals surface area contributed by atoms with Crippen LogP contribution in [-0.2, 0) is 14.3 Å². The van der Waals surface area contributed by atoms with Gasteiger partial charge in [-0.05, 0) is 37.0 Å². The van der Waals surface area contributed by atoms with Crippen molar-refractivity contribution >= 4 is 30.3 Å². The summed E-state index contributed by atoms with van der Waals surface area (Å²) in [4.78, 5) is 38.3. The summed E-state index contributed by atoms with van der Waals surface area (Å²) in [6.45, 7) is 8.76. The van der Waals surface area contributed by atoms with Crippen molar-refractivity contribution in [1.82, 2.24) is 20.9 Å². The highest BCUT2D eigenvalue weighted by atomic mass is 35.5. The van der Waals surface area contributed by atoms with Crippen LogP contribution in [0, 0.1) is 11.3 Å². The number of rotatable bonds is 8. The third kappa shape index (κ3) is 6.06. The lowest BCUT2D eigenvalue weighted by molar-refractivity contribution is -0.136. The second kappa shape index (κ2) is 10.4. The third-order valence-electron chi connectivity index (χ3n) is 5.72. The van der Waals surface area contributed by atoms with E-state index in [1.807, 2.05) is 0 Å². The van der Waals surface area contributed by atoms with Crippen molar-refractivity contribution in [1.29, 1.82) is 0 Å². The minimum atomic E-state index is -0.819. The van der Waals surface area contributed by atoms with Crippen molar-refractivity contribution in [2.75, 3.05) is 39.9 Å². The Morgan fingerprint density at radius 2 is 1.86 bits per heavy atom. The Morgan fingerprint density at radius 1 is 1.21 bits per heavy atom. The monoisotopic (exact) mass is 418 g/mol. The maximum atomic E-state index is 12.9. The predicted octanol–water partition coefficient (Wildman–Crippen LogP) is 1.29. The molecule has 1 heterocycles. The molecule has 162 valence electrons. The molecule has 0 radical (unpaired) electrons. The standard InChI is InChI=1S/C19H34N4O4.ClH/c1-18(2,3)14-5-7-19(8-6-14)16(25)23(17(26)22-19)13-15(24)21-10-9-20-11-12-27-4;/h14,20H,5-13H2,1-4H3,(H,21,24)(H,22,26);1H. The Bertz CT molecular complexity index is 557. The van der Waals surface area contributed by atoms with Gasteiger partial charge < -0.3 is 20.7 Å². The molecule has 8 nitrogen and oxygen atoms in total. The molecule has 2 aliphatic rings. The zero-order valence-corrected chi connectivity index (χ0v) is 18.2. The summed E-state index contributed by atoms with van der Waals surface area (Å²) in [5, 5.41) is 8.71. The molecular weight excluding hydrogens is 384 g/mol. The summed E-state index contributed by atoms with van der Waals surface area (Å²) in [7, 11) is 1.63. The molecule has 0 unspecified atom stereocenters. The van der Waals surface area contributed by atoms with Gasteiger partial charge in [0.05, 0.1) is 6.61 Å². The number of ether oxygens (including phenoxy) is 1. The molecule has 0 aromatic carbocycles. The van der Waals surface area contributed by atoms with E-state index in [-0.39, 0.29) is 36.2 Å². The van der Waals surface area contributed by atoms with Crippen LogP contribution >= 0.6 is 12.4 Å². The van der Waals surface area contributed by atoms with E-state index in [0.717, 1.165) is 17.7 Å². The quantitative estimate of drug-likeness (QED) is 0.407. The summed E-state index contributed by atoms with van der Waals surface area (Å²) in [6, 6.07) is -0.456. The summed E-state index contributed by atoms with van der Waals surface area (Å²) in [6.07, 6.45) is 3.09. The molecule has 0 atom stereocenters. The fourth-order valence-electron chi connectivity index (χ4n) is 3.92. The van der Waals surface area contributed by atoms with Crippen molar-refractivity contribution in [3.63, 3.8) is 0 Å². The molecule has 0 aromatic heterocycles. The largest absolute Gasteiger partial charge is 0.383 e. The molecule has 1 aliphatic heterocycles. The Morgan fingerprint density at radius 3 is 2.43 bits per heavy atom. The van der Waals surface area contributed by atoms with Crippen LogP contribution in [0.25, 0.3) is 0 Å². The first kappa shape index (κ1) is 24.7. The Labute approximate surface area is 173 Å². The molecule has 28 heavy (non-hydrogen) atoms. The fraction of sp³-hybridized carbons (Fsp3) is 0.842. The van der Waals surface area contributed by atoms with Gasteiger partial charge in [-0.2, -0.15) is 0 Å². The van der Waals surface area contributed by atoms with Gasteiger partial charge in [0.2, 0.25) is 5.91 Å². The minimum absolute atomic E-state index is 0. The van der Waals surface area contributed by atoms with Crippen molar-refractivity contribution in [2.45, 2.75) is 52.0 Å². The van der Waals surface area contributed by atoms with Crippen LogP contribution < -0.4 is 16.0 Å². The number of hydrogen-bond donors (Lipinski definition) is 3. The molecule has 0 bridgehead atoms. The van der Waals surface area contributed by atoms with Crippen LogP contribution in [0.2, 0.25) is 0 Å². The van der Waals surface area contributed by atoms with Gasteiger partial charge in [-0.15, -0.1) is 12.4 Å². The zero-order valence-electron chi connectivity index (χ0n) is 17.4. The van der Waals surface area contributed by atoms with Crippen molar-refractivity contribution in [2.24, 2.45) is 11.3 Å². The van der Waals surface area contributed by atoms with E-state index in [2.05, 4.69) is 36.7 Å². The van der Waals surface area contributed by atoms with Gasteiger partial charge in [-0.25, -0.2) is 4.79 Å². The Kier molecular flexibility index (Phi) is 9.17. The number of nitrogens with one attached hydrogen (secondary N) is 3. The number of urea groups is 1. The van der Waals surface area contributed by atoms with Gasteiger partial charge in [0.15, 0.2) is 0 Å². The number of hydrogen-bond acceptors (Lipinski definition) is 5. The average Bonchev–Trinajstić information content (AvgIpc) is 2.82. The van der Waals surface area contributed by atoms with Gasteiger partial charge >= 0.3 is 6.03 Å². The van der Waals surface area contributed by atoms with Crippen LogP contribution in [0.1, 0.15) is 46.5 Å². The van der Waals surface area contributed by atoms with Crippen molar-refractivity contribution < 1.29 is 19.1 Å². The van der Waals surface area contributed by atoms with E-state index in [1.165, 1.54) is 0 Å². The van der Waals surface area contributed by atoms with Gasteiger partial charge in [0.1, 0.15) is 12.1 Å². The van der Waals surface area contributed by atoms with Gasteiger partial charge in [0, 0.05) is 26.7 Å². The van der Waals surface area contributed by atoms with Crippen molar-refractivity contribution in [3.05, 3.63) is 0 Å². The molecular formula is C19H35ClN4O4. The lowest BCUT2D eigenvalue weighted by Gasteiger charge is -2.40. The first-order chi connectivity index (χ1) is 12.7. The first-order valence-electron chi connectivity index (χ1n) is 9.80. The van der Waals surface area contributed by atoms with Crippen LogP contribution in [0.4, 0.5) is 4.79 Å². The summed E-state index contributed by atoms with van der Waals surface area (Å²) < 4.78 is 4.92. The van der Waals surface area contributed by atoms with E-state index in [4.69, 9.17) is 4.74 Å². The molecule has 2 rings (SSSR count). The van der Waals surface area contributed by atoms with E-state index >= 15 is 0 Å². The van der Waals surface area contributed by atoms with E-state index in [1.54, 1.807) is 7.11 Å². The molecule has 0 aromatic rings. The Hall–Kier alpha value is -1.38. The number of carbonyl (C=O) groups excluding carboxylic acids is 3. The fourth-order valence-corrected chi connectivity index (χ4v) is 3.92. The minimum Gasteiger partial charge on any atom is -0.383 e. The highest BCUT2D eigenvalue weighted by Crippen LogP contribution is 2.43. The average molecular weight is 419 g/mol. The molecule has 9 heteroatoms. The molecule has 1 spiro atoms. The maximum absolute atomic E-state index is 12.9. The van der Waals surface area contributed by atoms with Crippen LogP contribution in [0.15, 0.2) is 0 Å². The normalized spacial score (nSPS) is 24.9. The smallest absolute Gasteiger partial charge is 0.325 e. The summed E-state index contributed by atoms with van der Waals surface area (Å²) >= 11 is 0. The Balaban J connectivity index is 0.00000392. The lowest BCUT2D eigenvalue weighted by Crippen LogP contribution is -2.51. The number of nitrogens with zero attached hydrogens (tertiary/aromatic N) is 1. The molecule has 4 amide bonds. The van der Waals surface area contributed by atoms with Gasteiger partial charge in [-0.1, -0.05) is 20.8 Å². The van der Waals surface area contributed by atoms with Crippen LogP contribution in [0.3, 0.4) is 0 Å². The summed E-state index contributed by atoms with van der Waals surface area (Å²) in [5.41, 5.74) is -0.620. The molecule has 2 fully saturated rings. The molecule has 1 saturated heterocycles. The maximum Gasteiger partial charge on any atom is 0.325 e. The van der Waals surface area contributed by atoms with E-state index < -0.39 is 11.6 Å². The highest BCUT2D eigenvalue weighted by Gasteiger charge is 2.53. The number of imide groups is 1. The first-order valence-corrected chi connectivity index (χ1v) is 9.80. The number of carbonyl (C=O) groups is 3. The number of methoxy groups -OCH3 is 1. The lowest BCUT2D eigenvalue weighted by atomic mass is 9.67.